The molecule has 3 aromatic rings. The summed E-state index contributed by atoms with van der Waals surface area (Å²) in [5, 5.41) is 18.3. The summed E-state index contributed by atoms with van der Waals surface area (Å²) in [5.41, 5.74) is 3.41. The number of hydrogen-bond acceptors (Lipinski definition) is 7. The smallest absolute Gasteiger partial charge is 0.317 e. The molecule has 1 aliphatic carbocycles. The Bertz CT molecular complexity index is 1160. The molecule has 4 rings (SSSR count). The first-order chi connectivity index (χ1) is 17.6. The number of Topliss-reactive ketones (excluding diaryl/α,β-unsaturated/α-hetero) is 1. The minimum Gasteiger partial charge on any atom is -0.480 e. The van der Waals surface area contributed by atoms with Gasteiger partial charge in [-0.15, -0.1) is 0 Å². The molecule has 0 saturated heterocycles. The Morgan fingerprint density at radius 2 is 1.69 bits per heavy atom. The average molecular weight is 488 g/mol. The predicted octanol–water partition coefficient (Wildman–Crippen LogP) is 4.66. The quantitative estimate of drug-likeness (QED) is 0.273. The van der Waals surface area contributed by atoms with Gasteiger partial charge in [0, 0.05) is 18.4 Å². The van der Waals surface area contributed by atoms with Crippen molar-refractivity contribution in [3.8, 4) is 0 Å². The molecule has 36 heavy (non-hydrogen) atoms. The molecule has 1 saturated carbocycles. The number of aromatic nitrogens is 2. The van der Waals surface area contributed by atoms with Crippen LogP contribution in [0.5, 0.6) is 0 Å². The Morgan fingerprint density at radius 1 is 0.944 bits per heavy atom. The zero-order valence-electron chi connectivity index (χ0n) is 20.4. The molecule has 8 heteroatoms. The first-order valence-corrected chi connectivity index (χ1v) is 12.5. The van der Waals surface area contributed by atoms with Crippen LogP contribution in [0.15, 0.2) is 60.8 Å². The highest BCUT2D eigenvalue weighted by atomic mass is 16.4. The molecule has 1 heterocycles. The van der Waals surface area contributed by atoms with E-state index in [9.17, 15) is 9.59 Å². The van der Waals surface area contributed by atoms with Crippen molar-refractivity contribution in [1.82, 2.24) is 15.3 Å². The minimum atomic E-state index is -1.02. The summed E-state index contributed by atoms with van der Waals surface area (Å²) >= 11 is 0. The Morgan fingerprint density at radius 3 is 2.47 bits per heavy atom. The monoisotopic (exact) mass is 487 g/mol. The second-order valence-electron chi connectivity index (χ2n) is 9.21. The van der Waals surface area contributed by atoms with E-state index in [1.165, 1.54) is 43.9 Å². The lowest BCUT2D eigenvalue weighted by molar-refractivity contribution is -0.135. The molecule has 8 nitrogen and oxygen atoms in total. The van der Waals surface area contributed by atoms with Gasteiger partial charge in [-0.25, -0.2) is 4.98 Å². The summed E-state index contributed by atoms with van der Waals surface area (Å²) in [6.45, 7) is 0.388. The van der Waals surface area contributed by atoms with Gasteiger partial charge in [0.15, 0.2) is 5.78 Å². The molecule has 2 aromatic carbocycles. The lowest BCUT2D eigenvalue weighted by atomic mass is 9.89. The first kappa shape index (κ1) is 25.3. The van der Waals surface area contributed by atoms with Gasteiger partial charge in [-0.05, 0) is 42.4 Å². The second kappa shape index (κ2) is 12.8. The number of carbonyl (C=O) groups is 2. The number of carbonyl (C=O) groups excluding carboxylic acids is 1. The molecule has 0 unspecified atom stereocenters. The maximum Gasteiger partial charge on any atom is 0.317 e. The van der Waals surface area contributed by atoms with Crippen molar-refractivity contribution >= 4 is 29.2 Å². The highest BCUT2D eigenvalue weighted by molar-refractivity contribution is 6.02. The van der Waals surface area contributed by atoms with Crippen LogP contribution in [0, 0.1) is 5.92 Å². The van der Waals surface area contributed by atoms with Gasteiger partial charge in [0.25, 0.3) is 0 Å². The Balaban J connectivity index is 1.56. The summed E-state index contributed by atoms with van der Waals surface area (Å²) < 4.78 is 0. The molecule has 0 amide bonds. The van der Waals surface area contributed by atoms with Gasteiger partial charge in [-0.3, -0.25) is 14.9 Å². The van der Waals surface area contributed by atoms with Gasteiger partial charge in [-0.2, -0.15) is 4.98 Å². The number of ketones is 1. The van der Waals surface area contributed by atoms with Crippen LogP contribution in [0.1, 0.15) is 53.6 Å². The zero-order chi connectivity index (χ0) is 25.2. The van der Waals surface area contributed by atoms with Gasteiger partial charge < -0.3 is 15.7 Å². The fraction of sp³-hybridized carbons (Fsp3) is 0.357. The van der Waals surface area contributed by atoms with Crippen LogP contribution in [-0.2, 0) is 11.2 Å². The molecule has 1 fully saturated rings. The maximum absolute atomic E-state index is 12.9. The topological polar surface area (TPSA) is 116 Å². The summed E-state index contributed by atoms with van der Waals surface area (Å²) in [7, 11) is 0. The van der Waals surface area contributed by atoms with Crippen molar-refractivity contribution in [1.29, 1.82) is 0 Å². The van der Waals surface area contributed by atoms with E-state index in [4.69, 9.17) is 5.11 Å². The number of carboxylic acid groups (broad SMARTS) is 1. The molecule has 4 N–H and O–H groups in total. The molecule has 0 bridgehead atoms. The fourth-order valence-corrected chi connectivity index (χ4v) is 4.51. The highest BCUT2D eigenvalue weighted by Crippen LogP contribution is 2.26. The third kappa shape index (κ3) is 7.36. The second-order valence-corrected chi connectivity index (χ2v) is 9.21. The lowest BCUT2D eigenvalue weighted by Crippen LogP contribution is -2.29. The summed E-state index contributed by atoms with van der Waals surface area (Å²) in [4.78, 5) is 32.8. The number of anilines is 3. The number of nitrogens with one attached hydrogen (secondary N) is 3. The van der Waals surface area contributed by atoms with Crippen LogP contribution in [0.4, 0.5) is 17.5 Å². The van der Waals surface area contributed by atoms with Crippen LogP contribution in [0.25, 0.3) is 0 Å². The van der Waals surface area contributed by atoms with Crippen molar-refractivity contribution in [2.45, 2.75) is 38.5 Å². The number of carboxylic acids is 1. The Labute approximate surface area is 211 Å². The van der Waals surface area contributed by atoms with Gasteiger partial charge >= 0.3 is 5.97 Å². The number of para-hydroxylation sites is 1. The third-order valence-electron chi connectivity index (χ3n) is 6.43. The SMILES string of the molecule is O=C(O)CNCC(=O)c1cnc(NCC2CCCCC2)nc1Nc1ccccc1Cc1ccccc1. The van der Waals surface area contributed by atoms with E-state index >= 15 is 0 Å². The van der Waals surface area contributed by atoms with E-state index in [1.807, 2.05) is 36.4 Å². The van der Waals surface area contributed by atoms with Crippen molar-refractivity contribution in [3.05, 3.63) is 77.5 Å². The third-order valence-corrected chi connectivity index (χ3v) is 6.43. The van der Waals surface area contributed by atoms with Gasteiger partial charge in [0.05, 0.1) is 18.7 Å². The average Bonchev–Trinajstić information content (AvgIpc) is 2.90. The van der Waals surface area contributed by atoms with Crippen LogP contribution >= 0.6 is 0 Å². The normalized spacial score (nSPS) is 13.8. The number of benzene rings is 2. The Hall–Kier alpha value is -3.78. The molecule has 0 aliphatic heterocycles. The number of nitrogens with zero attached hydrogens (tertiary/aromatic N) is 2. The van der Waals surface area contributed by atoms with E-state index in [2.05, 4.69) is 44.1 Å². The molecular formula is C28H33N5O3. The molecule has 1 aliphatic rings. The van der Waals surface area contributed by atoms with Crippen molar-refractivity contribution in [3.63, 3.8) is 0 Å². The summed E-state index contributed by atoms with van der Waals surface area (Å²) in [5.74, 6) is 0.178. The lowest BCUT2D eigenvalue weighted by Gasteiger charge is -2.22. The first-order valence-electron chi connectivity index (χ1n) is 12.5. The van der Waals surface area contributed by atoms with E-state index in [0.717, 1.165) is 24.2 Å². The molecular weight excluding hydrogens is 454 g/mol. The molecule has 0 spiro atoms. The van der Waals surface area contributed by atoms with Crippen molar-refractivity contribution < 1.29 is 14.7 Å². The fourth-order valence-electron chi connectivity index (χ4n) is 4.51. The van der Waals surface area contributed by atoms with Gasteiger partial charge in [0.2, 0.25) is 5.95 Å². The summed E-state index contributed by atoms with van der Waals surface area (Å²) in [6, 6.07) is 18.1. The van der Waals surface area contributed by atoms with Crippen LogP contribution in [-0.4, -0.2) is 46.5 Å². The Kier molecular flexibility index (Phi) is 8.99. The van der Waals surface area contributed by atoms with Crippen LogP contribution in [0.3, 0.4) is 0 Å². The molecule has 0 radical (unpaired) electrons. The van der Waals surface area contributed by atoms with Gasteiger partial charge in [0.1, 0.15) is 5.82 Å². The van der Waals surface area contributed by atoms with E-state index in [0.29, 0.717) is 23.2 Å². The van der Waals surface area contributed by atoms with Gasteiger partial charge in [-0.1, -0.05) is 67.8 Å². The largest absolute Gasteiger partial charge is 0.480 e. The number of rotatable bonds is 12. The van der Waals surface area contributed by atoms with Crippen molar-refractivity contribution in [2.24, 2.45) is 5.92 Å². The van der Waals surface area contributed by atoms with Crippen LogP contribution < -0.4 is 16.0 Å². The van der Waals surface area contributed by atoms with E-state index in [-0.39, 0.29) is 18.9 Å². The summed E-state index contributed by atoms with van der Waals surface area (Å²) in [6.07, 6.45) is 8.47. The zero-order valence-corrected chi connectivity index (χ0v) is 20.4. The molecule has 0 atom stereocenters. The number of hydrogen-bond donors (Lipinski definition) is 4. The highest BCUT2D eigenvalue weighted by Gasteiger charge is 2.18. The predicted molar refractivity (Wildman–Crippen MR) is 141 cm³/mol. The molecule has 1 aromatic heterocycles. The minimum absolute atomic E-state index is 0.120. The van der Waals surface area contributed by atoms with Crippen LogP contribution in [0.2, 0.25) is 0 Å². The van der Waals surface area contributed by atoms with E-state index < -0.39 is 5.97 Å². The molecule has 188 valence electrons. The van der Waals surface area contributed by atoms with Crippen molar-refractivity contribution in [2.75, 3.05) is 30.3 Å². The van der Waals surface area contributed by atoms with E-state index in [1.54, 1.807) is 0 Å². The standard InChI is InChI=1S/C28H33N5O3/c34-25(18-29-19-26(35)36)23-17-31-28(30-16-21-11-5-2-6-12-21)33-27(23)32-24-14-8-7-13-22(24)15-20-9-3-1-4-10-20/h1,3-4,7-10,13-14,17,21,29H,2,5-6,11-12,15-16,18-19H2,(H,35,36)(H2,30,31,32,33). The number of aliphatic carboxylic acids is 1. The maximum atomic E-state index is 12.9.